The maximum atomic E-state index is 11.4. The van der Waals surface area contributed by atoms with Crippen LogP contribution in [-0.4, -0.2) is 118 Å². The molecular weight excluding hydrogens is 370 g/mol. The molecule has 0 radical (unpaired) electrons. The van der Waals surface area contributed by atoms with E-state index in [4.69, 9.17) is 18.9 Å². The van der Waals surface area contributed by atoms with Gasteiger partial charge < -0.3 is 54.9 Å². The van der Waals surface area contributed by atoms with Crippen molar-refractivity contribution in [2.45, 2.75) is 68.3 Å². The van der Waals surface area contributed by atoms with E-state index < -0.39 is 73.9 Å². The highest BCUT2D eigenvalue weighted by molar-refractivity contribution is 5.73. The van der Waals surface area contributed by atoms with Crippen molar-refractivity contribution in [2.75, 3.05) is 20.3 Å². The quantitative estimate of drug-likeness (QED) is 0.228. The summed E-state index contributed by atoms with van der Waals surface area (Å²) in [6.07, 6.45) is -13.1. The smallest absolute Gasteiger partial charge is 0.217 e. The number of aliphatic hydroxyl groups excluding tert-OH is 6. The van der Waals surface area contributed by atoms with Gasteiger partial charge in [-0.05, 0) is 0 Å². The summed E-state index contributed by atoms with van der Waals surface area (Å²) in [6, 6.07) is -1.22. The fraction of sp³-hybridized carbons (Fsp3) is 0.933. The summed E-state index contributed by atoms with van der Waals surface area (Å²) in [5.41, 5.74) is 0. The predicted molar refractivity (Wildman–Crippen MR) is 85.0 cm³/mol. The number of hydrogen-bond donors (Lipinski definition) is 7. The minimum Gasteiger partial charge on any atom is -0.394 e. The Bertz CT molecular complexity index is 492. The van der Waals surface area contributed by atoms with Gasteiger partial charge in [0.1, 0.15) is 48.8 Å². The number of carbonyl (C=O) groups is 1. The molecule has 10 atom stereocenters. The highest BCUT2D eigenvalue weighted by atomic mass is 16.7. The summed E-state index contributed by atoms with van der Waals surface area (Å²) in [5, 5.41) is 62.1. The third-order valence-corrected chi connectivity index (χ3v) is 4.53. The topological polar surface area (TPSA) is 187 Å². The third-order valence-electron chi connectivity index (χ3n) is 4.53. The van der Waals surface area contributed by atoms with E-state index in [2.05, 4.69) is 5.32 Å². The van der Waals surface area contributed by atoms with E-state index in [1.54, 1.807) is 0 Å². The van der Waals surface area contributed by atoms with Crippen molar-refractivity contribution >= 4 is 5.91 Å². The van der Waals surface area contributed by atoms with Crippen molar-refractivity contribution in [3.05, 3.63) is 0 Å². The first-order valence-electron chi connectivity index (χ1n) is 8.44. The molecule has 0 spiro atoms. The van der Waals surface area contributed by atoms with Crippen molar-refractivity contribution in [1.29, 1.82) is 0 Å². The molecule has 0 saturated carbocycles. The number of hydrogen-bond acceptors (Lipinski definition) is 11. The van der Waals surface area contributed by atoms with Crippen LogP contribution in [0.1, 0.15) is 6.92 Å². The molecule has 2 fully saturated rings. The maximum absolute atomic E-state index is 11.4. The van der Waals surface area contributed by atoms with Crippen LogP contribution >= 0.6 is 0 Å². The monoisotopic (exact) mass is 397 g/mol. The van der Waals surface area contributed by atoms with Crippen LogP contribution in [-0.2, 0) is 23.7 Å². The van der Waals surface area contributed by atoms with Crippen LogP contribution in [0.5, 0.6) is 0 Å². The molecular formula is C15H27NO11. The molecule has 7 N–H and O–H groups in total. The molecule has 2 aliphatic rings. The van der Waals surface area contributed by atoms with E-state index in [0.717, 1.165) is 0 Å². The minimum atomic E-state index is -1.71. The molecule has 0 aromatic carbocycles. The highest BCUT2D eigenvalue weighted by Gasteiger charge is 2.50. The average Bonchev–Trinajstić information content (AvgIpc) is 2.62. The van der Waals surface area contributed by atoms with E-state index in [-0.39, 0.29) is 6.61 Å². The van der Waals surface area contributed by atoms with Crippen LogP contribution in [0.25, 0.3) is 0 Å². The standard InChI is InChI=1S/C15H27NO11/c1-5(18)16-8-13(10(20)7(4-24-2)25-14(8)23)27-15-12(22)11(21)9(19)6(3-17)26-15/h6-15,17,19-23H,3-4H2,1-2H3,(H,16,18)/t6-,7-,8-,9+,10+,11+,12-,13-,14+,15+/m1/s1. The summed E-state index contributed by atoms with van der Waals surface area (Å²) in [7, 11) is 1.36. The van der Waals surface area contributed by atoms with Crippen molar-refractivity contribution in [3.63, 3.8) is 0 Å². The first kappa shape index (κ1) is 22.4. The number of amides is 1. The molecule has 0 aliphatic carbocycles. The van der Waals surface area contributed by atoms with Crippen LogP contribution in [0.2, 0.25) is 0 Å². The second-order valence-electron chi connectivity index (χ2n) is 6.54. The first-order valence-corrected chi connectivity index (χ1v) is 8.44. The van der Waals surface area contributed by atoms with Crippen LogP contribution in [0.4, 0.5) is 0 Å². The van der Waals surface area contributed by atoms with Gasteiger partial charge in [-0.3, -0.25) is 4.79 Å². The van der Waals surface area contributed by atoms with Crippen LogP contribution in [0, 0.1) is 0 Å². The van der Waals surface area contributed by atoms with Gasteiger partial charge in [-0.15, -0.1) is 0 Å². The van der Waals surface area contributed by atoms with Crippen molar-refractivity contribution in [3.8, 4) is 0 Å². The number of ether oxygens (including phenoxy) is 4. The third kappa shape index (κ3) is 4.92. The Balaban J connectivity index is 2.22. The number of aliphatic hydroxyl groups is 6. The van der Waals surface area contributed by atoms with Crippen LogP contribution in [0.15, 0.2) is 0 Å². The molecule has 1 amide bonds. The van der Waals surface area contributed by atoms with Gasteiger partial charge in [0.15, 0.2) is 12.6 Å². The molecule has 12 nitrogen and oxygen atoms in total. The normalized spacial score (nSPS) is 45.5. The lowest BCUT2D eigenvalue weighted by atomic mass is 9.95. The molecule has 0 unspecified atom stereocenters. The van der Waals surface area contributed by atoms with Gasteiger partial charge in [0.2, 0.25) is 5.91 Å². The van der Waals surface area contributed by atoms with Gasteiger partial charge in [0.25, 0.3) is 0 Å². The zero-order valence-corrected chi connectivity index (χ0v) is 14.9. The maximum Gasteiger partial charge on any atom is 0.217 e. The highest BCUT2D eigenvalue weighted by Crippen LogP contribution is 2.28. The van der Waals surface area contributed by atoms with Crippen LogP contribution in [0.3, 0.4) is 0 Å². The molecule has 2 aliphatic heterocycles. The Kier molecular flexibility index (Phi) is 7.88. The lowest BCUT2D eigenvalue weighted by Crippen LogP contribution is -2.67. The Labute approximate surface area is 155 Å². The molecule has 2 rings (SSSR count). The van der Waals surface area contributed by atoms with E-state index in [1.165, 1.54) is 14.0 Å². The molecule has 0 aromatic heterocycles. The van der Waals surface area contributed by atoms with E-state index >= 15 is 0 Å². The van der Waals surface area contributed by atoms with E-state index in [9.17, 15) is 35.4 Å². The largest absolute Gasteiger partial charge is 0.394 e. The predicted octanol–water partition coefficient (Wildman–Crippen LogP) is -4.60. The fourth-order valence-corrected chi connectivity index (χ4v) is 3.12. The zero-order chi connectivity index (χ0) is 20.3. The van der Waals surface area contributed by atoms with Crippen LogP contribution < -0.4 is 5.32 Å². The summed E-state index contributed by atoms with van der Waals surface area (Å²) >= 11 is 0. The average molecular weight is 397 g/mol. The molecule has 27 heavy (non-hydrogen) atoms. The summed E-state index contributed by atoms with van der Waals surface area (Å²) in [4.78, 5) is 11.4. The van der Waals surface area contributed by atoms with Gasteiger partial charge >= 0.3 is 0 Å². The summed E-state index contributed by atoms with van der Waals surface area (Å²) < 4.78 is 21.0. The molecule has 158 valence electrons. The Morgan fingerprint density at radius 2 is 1.67 bits per heavy atom. The van der Waals surface area contributed by atoms with Gasteiger partial charge in [-0.2, -0.15) is 0 Å². The van der Waals surface area contributed by atoms with Crippen molar-refractivity contribution in [1.82, 2.24) is 5.32 Å². The fourth-order valence-electron chi connectivity index (χ4n) is 3.12. The lowest BCUT2D eigenvalue weighted by molar-refractivity contribution is -0.341. The second-order valence-corrected chi connectivity index (χ2v) is 6.54. The Hall–Kier alpha value is -0.930. The Morgan fingerprint density at radius 1 is 1.00 bits per heavy atom. The molecule has 12 heteroatoms. The number of nitrogens with one attached hydrogen (secondary N) is 1. The molecule has 2 saturated heterocycles. The van der Waals surface area contributed by atoms with E-state index in [1.807, 2.05) is 0 Å². The first-order chi connectivity index (χ1) is 12.7. The summed E-state index contributed by atoms with van der Waals surface area (Å²) in [6.45, 7) is 0.427. The molecule has 2 heterocycles. The summed E-state index contributed by atoms with van der Waals surface area (Å²) in [5.74, 6) is -0.539. The zero-order valence-electron chi connectivity index (χ0n) is 14.9. The lowest BCUT2D eigenvalue weighted by Gasteiger charge is -2.46. The van der Waals surface area contributed by atoms with Crippen molar-refractivity contribution in [2.24, 2.45) is 0 Å². The van der Waals surface area contributed by atoms with E-state index in [0.29, 0.717) is 0 Å². The number of rotatable bonds is 6. The van der Waals surface area contributed by atoms with Gasteiger partial charge in [0.05, 0.1) is 13.2 Å². The van der Waals surface area contributed by atoms with Crippen molar-refractivity contribution < 1.29 is 54.4 Å². The second kappa shape index (κ2) is 9.52. The number of methoxy groups -OCH3 is 1. The number of carbonyl (C=O) groups excluding carboxylic acids is 1. The molecule has 0 aromatic rings. The van der Waals surface area contributed by atoms with Gasteiger partial charge in [-0.25, -0.2) is 0 Å². The minimum absolute atomic E-state index is 0.0977. The van der Waals surface area contributed by atoms with Gasteiger partial charge in [0, 0.05) is 14.0 Å². The Morgan fingerprint density at radius 3 is 2.22 bits per heavy atom. The van der Waals surface area contributed by atoms with Gasteiger partial charge in [-0.1, -0.05) is 0 Å². The SMILES string of the molecule is COC[C@H]1O[C@H](O)[C@H](NC(C)=O)[C@@H](O[C@@H]2O[C@H](CO)[C@H](O)[C@H](O)[C@H]2O)[C@H]1O. The molecule has 0 bridgehead atoms.